The van der Waals surface area contributed by atoms with Crippen molar-refractivity contribution in [3.63, 3.8) is 0 Å². The van der Waals surface area contributed by atoms with E-state index in [1.807, 2.05) is 13.1 Å². The third kappa shape index (κ3) is 6.20. The number of guanidine groups is 1. The van der Waals surface area contributed by atoms with Gasteiger partial charge in [0.05, 0.1) is 13.2 Å². The summed E-state index contributed by atoms with van der Waals surface area (Å²) < 4.78 is 5.40. The molecule has 2 rings (SSSR count). The van der Waals surface area contributed by atoms with Gasteiger partial charge in [0.2, 0.25) is 0 Å². The van der Waals surface area contributed by atoms with Crippen molar-refractivity contribution in [2.75, 3.05) is 53.5 Å². The molecule has 1 aromatic rings. The first-order valence-corrected chi connectivity index (χ1v) is 8.45. The Morgan fingerprint density at radius 2 is 2.00 bits per heavy atom. The molecule has 0 radical (unpaired) electrons. The molecule has 1 aromatic carbocycles. The summed E-state index contributed by atoms with van der Waals surface area (Å²) in [5.74, 6) is 1.53. The molecule has 0 aromatic heterocycles. The van der Waals surface area contributed by atoms with Gasteiger partial charge < -0.3 is 15.0 Å². The smallest absolute Gasteiger partial charge is 0.193 e. The minimum absolute atomic E-state index is 0.579. The number of hydrogen-bond donors (Lipinski definition) is 1. The highest BCUT2D eigenvalue weighted by Gasteiger charge is 2.14. The number of benzene rings is 1. The Labute approximate surface area is 140 Å². The molecule has 1 aliphatic heterocycles. The fourth-order valence-electron chi connectivity index (χ4n) is 2.87. The summed E-state index contributed by atoms with van der Waals surface area (Å²) in [5, 5.41) is 3.50. The largest absolute Gasteiger partial charge is 0.379 e. The number of nitrogens with zero attached hydrogens (tertiary/aromatic N) is 3. The number of aliphatic imine (C=N–C) groups is 1. The zero-order valence-electron chi connectivity index (χ0n) is 14.7. The predicted octanol–water partition coefficient (Wildman–Crippen LogP) is 1.66. The number of rotatable bonds is 6. The van der Waals surface area contributed by atoms with Crippen LogP contribution in [0.25, 0.3) is 0 Å². The molecule has 0 bridgehead atoms. The van der Waals surface area contributed by atoms with Crippen LogP contribution in [0.5, 0.6) is 0 Å². The molecule has 128 valence electrons. The first kappa shape index (κ1) is 17.8. The highest BCUT2D eigenvalue weighted by atomic mass is 16.5. The Morgan fingerprint density at radius 1 is 1.30 bits per heavy atom. The second-order valence-corrected chi connectivity index (χ2v) is 6.29. The van der Waals surface area contributed by atoms with Crippen molar-refractivity contribution < 1.29 is 4.74 Å². The minimum Gasteiger partial charge on any atom is -0.379 e. The molecule has 1 aliphatic rings. The Kier molecular flexibility index (Phi) is 7.36. The van der Waals surface area contributed by atoms with Crippen molar-refractivity contribution in [2.24, 2.45) is 10.9 Å². The van der Waals surface area contributed by atoms with Crippen molar-refractivity contribution in [1.29, 1.82) is 0 Å². The Balaban J connectivity index is 1.75. The Hall–Kier alpha value is -1.59. The fourth-order valence-corrected chi connectivity index (χ4v) is 2.87. The molecule has 1 unspecified atom stereocenters. The van der Waals surface area contributed by atoms with Gasteiger partial charge >= 0.3 is 0 Å². The van der Waals surface area contributed by atoms with Gasteiger partial charge in [-0.05, 0) is 11.5 Å². The van der Waals surface area contributed by atoms with Crippen molar-refractivity contribution >= 4 is 5.96 Å². The molecule has 5 heteroatoms. The molecule has 0 aliphatic carbocycles. The van der Waals surface area contributed by atoms with Crippen molar-refractivity contribution in [3.05, 3.63) is 35.9 Å². The van der Waals surface area contributed by atoms with Crippen LogP contribution in [0.1, 0.15) is 12.5 Å². The summed E-state index contributed by atoms with van der Waals surface area (Å²) in [6, 6.07) is 10.5. The monoisotopic (exact) mass is 318 g/mol. The molecule has 1 saturated heterocycles. The zero-order valence-corrected chi connectivity index (χ0v) is 14.7. The van der Waals surface area contributed by atoms with Crippen LogP contribution in [0.4, 0.5) is 0 Å². The lowest BCUT2D eigenvalue weighted by Gasteiger charge is -2.30. The summed E-state index contributed by atoms with van der Waals surface area (Å²) >= 11 is 0. The van der Waals surface area contributed by atoms with E-state index in [0.29, 0.717) is 5.92 Å². The third-order valence-electron chi connectivity index (χ3n) is 4.12. The zero-order chi connectivity index (χ0) is 16.5. The van der Waals surface area contributed by atoms with E-state index < -0.39 is 0 Å². The van der Waals surface area contributed by atoms with Crippen LogP contribution in [0.15, 0.2) is 35.3 Å². The van der Waals surface area contributed by atoms with E-state index in [4.69, 9.17) is 4.74 Å². The van der Waals surface area contributed by atoms with E-state index in [2.05, 4.69) is 58.3 Å². The van der Waals surface area contributed by atoms with Crippen LogP contribution in [0, 0.1) is 5.92 Å². The van der Waals surface area contributed by atoms with Crippen LogP contribution in [0.3, 0.4) is 0 Å². The molecule has 0 amide bonds. The first-order chi connectivity index (χ1) is 11.2. The van der Waals surface area contributed by atoms with Gasteiger partial charge in [0.15, 0.2) is 5.96 Å². The van der Waals surface area contributed by atoms with Gasteiger partial charge in [0.25, 0.3) is 0 Å². The number of nitrogens with one attached hydrogen (secondary N) is 1. The number of hydrogen-bond acceptors (Lipinski definition) is 3. The number of morpholine rings is 1. The Bertz CT molecular complexity index is 471. The van der Waals surface area contributed by atoms with Crippen LogP contribution >= 0.6 is 0 Å². The van der Waals surface area contributed by atoms with Gasteiger partial charge in [-0.2, -0.15) is 0 Å². The van der Waals surface area contributed by atoms with Crippen LogP contribution in [0.2, 0.25) is 0 Å². The second kappa shape index (κ2) is 9.53. The lowest BCUT2D eigenvalue weighted by Crippen LogP contribution is -2.44. The number of ether oxygens (including phenoxy) is 1. The van der Waals surface area contributed by atoms with Gasteiger partial charge in [0, 0.05) is 46.8 Å². The molecule has 23 heavy (non-hydrogen) atoms. The van der Waals surface area contributed by atoms with E-state index in [1.165, 1.54) is 5.56 Å². The summed E-state index contributed by atoms with van der Waals surface area (Å²) in [6.45, 7) is 9.01. The molecule has 1 atom stereocenters. The molecular formula is C18H30N4O. The molecule has 1 heterocycles. The average Bonchev–Trinajstić information content (AvgIpc) is 2.57. The molecule has 1 N–H and O–H groups in total. The van der Waals surface area contributed by atoms with Crippen molar-refractivity contribution in [1.82, 2.24) is 15.1 Å². The van der Waals surface area contributed by atoms with E-state index in [0.717, 1.165) is 51.9 Å². The minimum atomic E-state index is 0.579. The predicted molar refractivity (Wildman–Crippen MR) is 95.7 cm³/mol. The summed E-state index contributed by atoms with van der Waals surface area (Å²) in [4.78, 5) is 9.04. The van der Waals surface area contributed by atoms with Gasteiger partial charge in [-0.25, -0.2) is 0 Å². The third-order valence-corrected chi connectivity index (χ3v) is 4.12. The van der Waals surface area contributed by atoms with Crippen molar-refractivity contribution in [3.8, 4) is 0 Å². The molecule has 5 nitrogen and oxygen atoms in total. The van der Waals surface area contributed by atoms with Gasteiger partial charge in [0.1, 0.15) is 0 Å². The highest BCUT2D eigenvalue weighted by Crippen LogP contribution is 2.05. The van der Waals surface area contributed by atoms with Gasteiger partial charge in [-0.15, -0.1) is 0 Å². The van der Waals surface area contributed by atoms with Gasteiger partial charge in [-0.3, -0.25) is 9.89 Å². The topological polar surface area (TPSA) is 40.1 Å². The molecule has 0 spiro atoms. The van der Waals surface area contributed by atoms with Gasteiger partial charge in [-0.1, -0.05) is 37.3 Å². The van der Waals surface area contributed by atoms with Crippen LogP contribution < -0.4 is 5.32 Å². The van der Waals surface area contributed by atoms with Crippen molar-refractivity contribution in [2.45, 2.75) is 13.5 Å². The summed E-state index contributed by atoms with van der Waals surface area (Å²) in [6.07, 6.45) is 0. The van der Waals surface area contributed by atoms with Crippen LogP contribution in [-0.4, -0.2) is 69.2 Å². The normalized spacial score (nSPS) is 17.8. The molecular weight excluding hydrogens is 288 g/mol. The maximum absolute atomic E-state index is 5.40. The fraction of sp³-hybridized carbons (Fsp3) is 0.611. The van der Waals surface area contributed by atoms with E-state index >= 15 is 0 Å². The summed E-state index contributed by atoms with van der Waals surface area (Å²) in [7, 11) is 3.92. The highest BCUT2D eigenvalue weighted by molar-refractivity contribution is 5.79. The maximum atomic E-state index is 5.40. The average molecular weight is 318 g/mol. The molecule has 1 fully saturated rings. The lowest BCUT2D eigenvalue weighted by atomic mass is 10.1. The first-order valence-electron chi connectivity index (χ1n) is 8.45. The van der Waals surface area contributed by atoms with E-state index in [1.54, 1.807) is 0 Å². The standard InChI is InChI=1S/C18H30N4O/c1-16(14-22-9-11-23-12-10-22)13-20-18(19-2)21(3)15-17-7-5-4-6-8-17/h4-8,16H,9-15H2,1-3H3,(H,19,20). The quantitative estimate of drug-likeness (QED) is 0.640. The Morgan fingerprint density at radius 3 is 2.65 bits per heavy atom. The van der Waals surface area contributed by atoms with Crippen LogP contribution in [-0.2, 0) is 11.3 Å². The summed E-state index contributed by atoms with van der Waals surface area (Å²) in [5.41, 5.74) is 1.29. The lowest BCUT2D eigenvalue weighted by molar-refractivity contribution is 0.0320. The maximum Gasteiger partial charge on any atom is 0.193 e. The molecule has 0 saturated carbocycles. The second-order valence-electron chi connectivity index (χ2n) is 6.29. The van der Waals surface area contributed by atoms with E-state index in [9.17, 15) is 0 Å². The SMILES string of the molecule is CN=C(NCC(C)CN1CCOCC1)N(C)Cc1ccccc1. The van der Waals surface area contributed by atoms with E-state index in [-0.39, 0.29) is 0 Å².